The van der Waals surface area contributed by atoms with Gasteiger partial charge in [-0.15, -0.1) is 0 Å². The zero-order valence-corrected chi connectivity index (χ0v) is 11.1. The van der Waals surface area contributed by atoms with Crippen LogP contribution < -0.4 is 11.3 Å². The minimum Gasteiger partial charge on any atom is -0.271 e. The van der Waals surface area contributed by atoms with E-state index in [4.69, 9.17) is 17.4 Å². The van der Waals surface area contributed by atoms with E-state index in [1.54, 1.807) is 4.68 Å². The van der Waals surface area contributed by atoms with Gasteiger partial charge in [0.15, 0.2) is 0 Å². The van der Waals surface area contributed by atoms with Gasteiger partial charge in [-0.1, -0.05) is 23.7 Å². The molecule has 0 aliphatic rings. The van der Waals surface area contributed by atoms with E-state index in [0.29, 0.717) is 6.42 Å². The molecule has 5 nitrogen and oxygen atoms in total. The van der Waals surface area contributed by atoms with Crippen molar-refractivity contribution in [3.63, 3.8) is 0 Å². The third kappa shape index (κ3) is 2.69. The second kappa shape index (κ2) is 5.48. The van der Waals surface area contributed by atoms with Crippen LogP contribution >= 0.6 is 11.6 Å². The lowest BCUT2D eigenvalue weighted by Gasteiger charge is -2.16. The molecule has 6 heteroatoms. The standard InChI is InChI=1S/C12H16ClN5/c1-8-5-9(3-4-10(8)13)11(17-14)6-12-15-7-16-18(12)2/h3-5,7,11,17H,6,14H2,1-2H3. The van der Waals surface area contributed by atoms with Crippen molar-refractivity contribution in [2.24, 2.45) is 12.9 Å². The monoisotopic (exact) mass is 265 g/mol. The van der Waals surface area contributed by atoms with Gasteiger partial charge in [-0.25, -0.2) is 4.98 Å². The molecule has 18 heavy (non-hydrogen) atoms. The summed E-state index contributed by atoms with van der Waals surface area (Å²) in [7, 11) is 1.86. The number of aromatic nitrogens is 3. The first-order valence-corrected chi connectivity index (χ1v) is 6.04. The summed E-state index contributed by atoms with van der Waals surface area (Å²) in [6.45, 7) is 1.97. The molecule has 1 heterocycles. The summed E-state index contributed by atoms with van der Waals surface area (Å²) in [5, 5.41) is 4.80. The van der Waals surface area contributed by atoms with Crippen LogP contribution in [0.4, 0.5) is 0 Å². The summed E-state index contributed by atoms with van der Waals surface area (Å²) < 4.78 is 1.74. The highest BCUT2D eigenvalue weighted by Crippen LogP contribution is 2.22. The van der Waals surface area contributed by atoms with Gasteiger partial charge in [0.1, 0.15) is 12.2 Å². The fraction of sp³-hybridized carbons (Fsp3) is 0.333. The van der Waals surface area contributed by atoms with Gasteiger partial charge in [-0.3, -0.25) is 16.0 Å². The van der Waals surface area contributed by atoms with Gasteiger partial charge in [0.2, 0.25) is 0 Å². The summed E-state index contributed by atoms with van der Waals surface area (Å²) in [6.07, 6.45) is 2.21. The van der Waals surface area contributed by atoms with Crippen LogP contribution in [0, 0.1) is 6.92 Å². The van der Waals surface area contributed by atoms with E-state index in [-0.39, 0.29) is 6.04 Å². The molecule has 96 valence electrons. The van der Waals surface area contributed by atoms with Crippen molar-refractivity contribution < 1.29 is 0 Å². The number of aryl methyl sites for hydroxylation is 2. The van der Waals surface area contributed by atoms with Crippen molar-refractivity contribution in [2.75, 3.05) is 0 Å². The maximum absolute atomic E-state index is 6.02. The zero-order valence-electron chi connectivity index (χ0n) is 10.4. The number of hydrogen-bond acceptors (Lipinski definition) is 4. The first-order valence-electron chi connectivity index (χ1n) is 5.67. The Morgan fingerprint density at radius 3 is 2.83 bits per heavy atom. The second-order valence-corrected chi connectivity index (χ2v) is 4.64. The number of hydrazine groups is 1. The van der Waals surface area contributed by atoms with Crippen molar-refractivity contribution in [3.8, 4) is 0 Å². The van der Waals surface area contributed by atoms with E-state index in [9.17, 15) is 0 Å². The normalized spacial score (nSPS) is 12.7. The highest BCUT2D eigenvalue weighted by atomic mass is 35.5. The third-order valence-electron chi connectivity index (χ3n) is 2.98. The van der Waals surface area contributed by atoms with Crippen molar-refractivity contribution in [1.82, 2.24) is 20.2 Å². The van der Waals surface area contributed by atoms with E-state index < -0.39 is 0 Å². The first-order chi connectivity index (χ1) is 8.61. The Balaban J connectivity index is 2.23. The molecule has 2 rings (SSSR count). The molecular weight excluding hydrogens is 250 g/mol. The molecule has 1 aromatic carbocycles. The Labute approximate surface area is 111 Å². The average molecular weight is 266 g/mol. The van der Waals surface area contributed by atoms with Gasteiger partial charge in [0, 0.05) is 18.5 Å². The summed E-state index contributed by atoms with van der Waals surface area (Å²) in [4.78, 5) is 4.20. The highest BCUT2D eigenvalue weighted by molar-refractivity contribution is 6.31. The molecule has 0 aliphatic carbocycles. The van der Waals surface area contributed by atoms with Gasteiger partial charge in [-0.2, -0.15) is 5.10 Å². The summed E-state index contributed by atoms with van der Waals surface area (Å²) in [5.74, 6) is 6.50. The van der Waals surface area contributed by atoms with E-state index in [2.05, 4.69) is 15.5 Å². The highest BCUT2D eigenvalue weighted by Gasteiger charge is 2.14. The Morgan fingerprint density at radius 1 is 1.50 bits per heavy atom. The van der Waals surface area contributed by atoms with Gasteiger partial charge < -0.3 is 0 Å². The molecule has 0 spiro atoms. The average Bonchev–Trinajstić information content (AvgIpc) is 2.75. The predicted octanol–water partition coefficient (Wildman–Crippen LogP) is 1.52. The Morgan fingerprint density at radius 2 is 2.28 bits per heavy atom. The number of benzene rings is 1. The Kier molecular flexibility index (Phi) is 3.96. The Bertz CT molecular complexity index is 537. The van der Waals surface area contributed by atoms with Crippen LogP contribution in [-0.2, 0) is 13.5 Å². The van der Waals surface area contributed by atoms with Gasteiger partial charge in [0.25, 0.3) is 0 Å². The lowest BCUT2D eigenvalue weighted by atomic mass is 10.0. The van der Waals surface area contributed by atoms with Crippen molar-refractivity contribution in [1.29, 1.82) is 0 Å². The fourth-order valence-electron chi connectivity index (χ4n) is 1.85. The zero-order chi connectivity index (χ0) is 13.1. The summed E-state index contributed by atoms with van der Waals surface area (Å²) in [5.41, 5.74) is 4.93. The molecule has 2 aromatic rings. The van der Waals surface area contributed by atoms with Crippen LogP contribution in [0.3, 0.4) is 0 Å². The number of nitrogens with zero attached hydrogens (tertiary/aromatic N) is 3. The predicted molar refractivity (Wildman–Crippen MR) is 71.0 cm³/mol. The molecule has 0 fully saturated rings. The SMILES string of the molecule is Cc1cc(C(Cc2ncnn2C)NN)ccc1Cl. The molecule has 0 saturated carbocycles. The van der Waals surface area contributed by atoms with E-state index in [1.807, 2.05) is 32.2 Å². The Hall–Kier alpha value is -1.43. The number of nitrogens with two attached hydrogens (primary N) is 1. The van der Waals surface area contributed by atoms with Gasteiger partial charge >= 0.3 is 0 Å². The summed E-state index contributed by atoms with van der Waals surface area (Å²) >= 11 is 6.02. The quantitative estimate of drug-likeness (QED) is 0.650. The molecule has 1 atom stereocenters. The number of halogens is 1. The van der Waals surface area contributed by atoms with Gasteiger partial charge in [-0.05, 0) is 24.1 Å². The van der Waals surface area contributed by atoms with Crippen molar-refractivity contribution in [2.45, 2.75) is 19.4 Å². The largest absolute Gasteiger partial charge is 0.271 e. The minimum absolute atomic E-state index is 0.0103. The van der Waals surface area contributed by atoms with Crippen molar-refractivity contribution in [3.05, 3.63) is 46.5 Å². The number of rotatable bonds is 4. The number of nitrogens with one attached hydrogen (secondary N) is 1. The van der Waals surface area contributed by atoms with Crippen LogP contribution in [0.2, 0.25) is 5.02 Å². The van der Waals surface area contributed by atoms with Crippen molar-refractivity contribution >= 4 is 11.6 Å². The minimum atomic E-state index is -0.0103. The number of hydrogen-bond donors (Lipinski definition) is 2. The van der Waals surface area contributed by atoms with Gasteiger partial charge in [0.05, 0.1) is 6.04 Å². The third-order valence-corrected chi connectivity index (χ3v) is 3.40. The van der Waals surface area contributed by atoms with Crippen LogP contribution in [0.1, 0.15) is 23.0 Å². The molecule has 0 saturated heterocycles. The van der Waals surface area contributed by atoms with Crippen LogP contribution in [0.25, 0.3) is 0 Å². The lowest BCUT2D eigenvalue weighted by Crippen LogP contribution is -2.30. The second-order valence-electron chi connectivity index (χ2n) is 4.23. The first kappa shape index (κ1) is 13.0. The van der Waals surface area contributed by atoms with Crippen LogP contribution in [0.15, 0.2) is 24.5 Å². The lowest BCUT2D eigenvalue weighted by molar-refractivity contribution is 0.523. The molecule has 1 unspecified atom stereocenters. The molecule has 0 amide bonds. The van der Waals surface area contributed by atoms with E-state index in [0.717, 1.165) is 22.0 Å². The van der Waals surface area contributed by atoms with Crippen LogP contribution in [-0.4, -0.2) is 14.8 Å². The molecule has 3 N–H and O–H groups in total. The van der Waals surface area contributed by atoms with E-state index in [1.165, 1.54) is 6.33 Å². The molecule has 0 bridgehead atoms. The molecule has 0 aliphatic heterocycles. The van der Waals surface area contributed by atoms with E-state index >= 15 is 0 Å². The topological polar surface area (TPSA) is 68.8 Å². The maximum atomic E-state index is 6.02. The van der Waals surface area contributed by atoms with Crippen LogP contribution in [0.5, 0.6) is 0 Å². The maximum Gasteiger partial charge on any atom is 0.138 e. The smallest absolute Gasteiger partial charge is 0.138 e. The summed E-state index contributed by atoms with van der Waals surface area (Å²) in [6, 6.07) is 5.87. The molecule has 0 radical (unpaired) electrons. The molecule has 1 aromatic heterocycles. The fourth-order valence-corrected chi connectivity index (χ4v) is 1.96. The molecular formula is C12H16ClN5.